The van der Waals surface area contributed by atoms with Crippen molar-refractivity contribution in [3.8, 4) is 11.3 Å². The first-order chi connectivity index (χ1) is 11.1. The Bertz CT molecular complexity index is 789. The van der Waals surface area contributed by atoms with Crippen LogP contribution in [0.2, 0.25) is 5.02 Å². The molecule has 118 valence electrons. The number of anilines is 1. The van der Waals surface area contributed by atoms with E-state index >= 15 is 0 Å². The van der Waals surface area contributed by atoms with Gasteiger partial charge in [-0.3, -0.25) is 0 Å². The van der Waals surface area contributed by atoms with Crippen LogP contribution in [0, 0.1) is 6.92 Å². The van der Waals surface area contributed by atoms with Crippen molar-refractivity contribution >= 4 is 28.8 Å². The van der Waals surface area contributed by atoms with Crippen LogP contribution >= 0.6 is 22.9 Å². The summed E-state index contributed by atoms with van der Waals surface area (Å²) in [7, 11) is 0. The molecule has 1 aromatic carbocycles. The number of hydrogen-bond acceptors (Lipinski definition) is 5. The number of thiophene rings is 1. The molecule has 0 spiro atoms. The zero-order valence-corrected chi connectivity index (χ0v) is 14.2. The molecule has 4 nitrogen and oxygen atoms in total. The van der Waals surface area contributed by atoms with Gasteiger partial charge in [0.05, 0.1) is 5.69 Å². The van der Waals surface area contributed by atoms with Gasteiger partial charge >= 0.3 is 0 Å². The fraction of sp³-hybridized carbons (Fsp3) is 0.176. The van der Waals surface area contributed by atoms with Gasteiger partial charge in [0.2, 0.25) is 0 Å². The second-order valence-electron chi connectivity index (χ2n) is 5.30. The molecule has 0 unspecified atom stereocenters. The molecule has 0 bridgehead atoms. The molecule has 0 saturated carbocycles. The molecular weight excluding hydrogens is 328 g/mol. The largest absolute Gasteiger partial charge is 0.368 e. The maximum atomic E-state index is 6.19. The molecule has 3 rings (SSSR count). The van der Waals surface area contributed by atoms with Gasteiger partial charge in [0.1, 0.15) is 12.1 Å². The fourth-order valence-electron chi connectivity index (χ4n) is 2.18. The van der Waals surface area contributed by atoms with Crippen LogP contribution in [0.15, 0.2) is 47.4 Å². The first-order valence-electron chi connectivity index (χ1n) is 7.23. The van der Waals surface area contributed by atoms with Gasteiger partial charge in [0.25, 0.3) is 0 Å². The number of benzene rings is 1. The average molecular weight is 345 g/mol. The molecular formula is C17H17ClN4S. The van der Waals surface area contributed by atoms with Crippen LogP contribution in [0.4, 0.5) is 5.82 Å². The summed E-state index contributed by atoms with van der Waals surface area (Å²) in [4.78, 5) is 8.57. The topological polar surface area (TPSA) is 63.8 Å². The number of aromatic nitrogens is 2. The fourth-order valence-corrected chi connectivity index (χ4v) is 3.09. The number of hydrogen-bond donors (Lipinski definition) is 2. The van der Waals surface area contributed by atoms with Crippen LogP contribution in [-0.2, 0) is 0 Å². The summed E-state index contributed by atoms with van der Waals surface area (Å²) in [5, 5.41) is 8.08. The van der Waals surface area contributed by atoms with Crippen LogP contribution in [0.25, 0.3) is 11.3 Å². The lowest BCUT2D eigenvalue weighted by molar-refractivity contribution is 0.765. The smallest absolute Gasteiger partial charge is 0.130 e. The number of aryl methyl sites for hydroxylation is 1. The molecule has 0 radical (unpaired) electrons. The van der Waals surface area contributed by atoms with Gasteiger partial charge in [-0.1, -0.05) is 23.7 Å². The standard InChI is InChI=1S/C17H17ClN4S/c1-11-2-3-12(6-14(11)18)16-7-17(22-10-21-16)20-8-15(19)13-4-5-23-9-13/h2-7,9-10,15H,8,19H2,1H3,(H,20,21,22)/t15-/m0/s1. The Morgan fingerprint density at radius 2 is 2.13 bits per heavy atom. The van der Waals surface area contributed by atoms with Crippen LogP contribution < -0.4 is 11.1 Å². The summed E-state index contributed by atoms with van der Waals surface area (Å²) in [6.45, 7) is 2.59. The van der Waals surface area contributed by atoms with Gasteiger partial charge in [-0.05, 0) is 40.9 Å². The first-order valence-corrected chi connectivity index (χ1v) is 8.55. The van der Waals surface area contributed by atoms with Crippen LogP contribution in [0.3, 0.4) is 0 Å². The number of nitrogens with two attached hydrogens (primary N) is 1. The van der Waals surface area contributed by atoms with Crippen molar-refractivity contribution in [1.29, 1.82) is 0 Å². The molecule has 0 aliphatic rings. The van der Waals surface area contributed by atoms with E-state index in [0.29, 0.717) is 6.54 Å². The summed E-state index contributed by atoms with van der Waals surface area (Å²) in [6, 6.07) is 9.79. The highest BCUT2D eigenvalue weighted by atomic mass is 35.5. The van der Waals surface area contributed by atoms with Gasteiger partial charge in [-0.15, -0.1) is 0 Å². The molecule has 3 N–H and O–H groups in total. The number of nitrogens with one attached hydrogen (secondary N) is 1. The second-order valence-corrected chi connectivity index (χ2v) is 6.48. The zero-order chi connectivity index (χ0) is 16.2. The second kappa shape index (κ2) is 7.08. The minimum atomic E-state index is -0.0616. The Morgan fingerprint density at radius 1 is 1.26 bits per heavy atom. The maximum absolute atomic E-state index is 6.19. The Morgan fingerprint density at radius 3 is 2.87 bits per heavy atom. The summed E-state index contributed by atoms with van der Waals surface area (Å²) in [5.41, 5.74) is 10.1. The number of halogens is 1. The SMILES string of the molecule is Cc1ccc(-c2cc(NC[C@H](N)c3ccsc3)ncn2)cc1Cl. The van der Waals surface area contributed by atoms with Crippen molar-refractivity contribution < 1.29 is 0 Å². The van der Waals surface area contributed by atoms with E-state index in [0.717, 1.165) is 33.2 Å². The molecule has 2 aromatic heterocycles. The quantitative estimate of drug-likeness (QED) is 0.725. The van der Waals surface area contributed by atoms with E-state index in [4.69, 9.17) is 17.3 Å². The van der Waals surface area contributed by atoms with Crippen molar-refractivity contribution in [2.45, 2.75) is 13.0 Å². The van der Waals surface area contributed by atoms with Crippen molar-refractivity contribution in [1.82, 2.24) is 9.97 Å². The van der Waals surface area contributed by atoms with E-state index in [9.17, 15) is 0 Å². The van der Waals surface area contributed by atoms with Crippen molar-refractivity contribution in [2.24, 2.45) is 5.73 Å². The van der Waals surface area contributed by atoms with Crippen LogP contribution in [0.5, 0.6) is 0 Å². The third kappa shape index (κ3) is 3.88. The zero-order valence-electron chi connectivity index (χ0n) is 12.7. The third-order valence-electron chi connectivity index (χ3n) is 3.61. The molecule has 0 saturated heterocycles. The predicted octanol–water partition coefficient (Wildman–Crippen LogP) is 4.28. The highest BCUT2D eigenvalue weighted by Crippen LogP contribution is 2.25. The Labute approximate surface area is 144 Å². The van der Waals surface area contributed by atoms with E-state index in [1.165, 1.54) is 0 Å². The Hall–Kier alpha value is -1.95. The monoisotopic (exact) mass is 344 g/mol. The number of rotatable bonds is 5. The minimum absolute atomic E-state index is 0.0616. The summed E-state index contributed by atoms with van der Waals surface area (Å²) in [5.74, 6) is 0.748. The van der Waals surface area contributed by atoms with Gasteiger partial charge in [0.15, 0.2) is 0 Å². The highest BCUT2D eigenvalue weighted by molar-refractivity contribution is 7.07. The maximum Gasteiger partial charge on any atom is 0.130 e. The number of nitrogens with zero attached hydrogens (tertiary/aromatic N) is 2. The molecule has 2 heterocycles. The molecule has 0 aliphatic carbocycles. The average Bonchev–Trinajstić information content (AvgIpc) is 3.10. The van der Waals surface area contributed by atoms with Crippen molar-refractivity contribution in [3.63, 3.8) is 0 Å². The van der Waals surface area contributed by atoms with E-state index < -0.39 is 0 Å². The molecule has 0 aliphatic heterocycles. The van der Waals surface area contributed by atoms with Gasteiger partial charge in [-0.25, -0.2) is 9.97 Å². The van der Waals surface area contributed by atoms with Crippen LogP contribution in [0.1, 0.15) is 17.2 Å². The van der Waals surface area contributed by atoms with E-state index in [1.54, 1.807) is 17.7 Å². The van der Waals surface area contributed by atoms with E-state index in [-0.39, 0.29) is 6.04 Å². The van der Waals surface area contributed by atoms with Crippen molar-refractivity contribution in [3.05, 3.63) is 63.6 Å². The Kier molecular flexibility index (Phi) is 4.91. The first kappa shape index (κ1) is 15.9. The molecule has 1 atom stereocenters. The summed E-state index contributed by atoms with van der Waals surface area (Å²) < 4.78 is 0. The van der Waals surface area contributed by atoms with E-state index in [2.05, 4.69) is 20.7 Å². The lowest BCUT2D eigenvalue weighted by atomic mass is 10.1. The molecule has 0 amide bonds. The summed E-state index contributed by atoms with van der Waals surface area (Å²) >= 11 is 7.83. The molecule has 3 aromatic rings. The third-order valence-corrected chi connectivity index (χ3v) is 4.72. The highest BCUT2D eigenvalue weighted by Gasteiger charge is 2.08. The summed E-state index contributed by atoms with van der Waals surface area (Å²) in [6.07, 6.45) is 1.54. The normalized spacial score (nSPS) is 12.1. The van der Waals surface area contributed by atoms with Gasteiger partial charge < -0.3 is 11.1 Å². The molecule has 6 heteroatoms. The predicted molar refractivity (Wildman–Crippen MR) is 97.0 cm³/mol. The Balaban J connectivity index is 1.73. The van der Waals surface area contributed by atoms with Gasteiger partial charge in [-0.2, -0.15) is 11.3 Å². The van der Waals surface area contributed by atoms with Crippen LogP contribution in [-0.4, -0.2) is 16.5 Å². The lowest BCUT2D eigenvalue weighted by Gasteiger charge is -2.12. The molecule has 0 fully saturated rings. The van der Waals surface area contributed by atoms with Gasteiger partial charge in [0, 0.05) is 29.2 Å². The lowest BCUT2D eigenvalue weighted by Crippen LogP contribution is -2.20. The van der Waals surface area contributed by atoms with E-state index in [1.807, 2.05) is 42.6 Å². The minimum Gasteiger partial charge on any atom is -0.368 e. The van der Waals surface area contributed by atoms with Crippen molar-refractivity contribution in [2.75, 3.05) is 11.9 Å². The molecule has 23 heavy (non-hydrogen) atoms.